The van der Waals surface area contributed by atoms with Crippen molar-refractivity contribution in [3.63, 3.8) is 0 Å². The van der Waals surface area contributed by atoms with Crippen molar-refractivity contribution in [2.24, 2.45) is 0 Å². The second-order valence-electron chi connectivity index (χ2n) is 5.84. The van der Waals surface area contributed by atoms with Gasteiger partial charge in [0.2, 0.25) is 0 Å². The molecule has 0 radical (unpaired) electrons. The summed E-state index contributed by atoms with van der Waals surface area (Å²) in [5, 5.41) is 0.518. The molecule has 1 heterocycles. The van der Waals surface area contributed by atoms with Crippen molar-refractivity contribution in [2.75, 3.05) is 0 Å². The van der Waals surface area contributed by atoms with Crippen LogP contribution in [0.5, 0.6) is 0 Å². The van der Waals surface area contributed by atoms with Crippen molar-refractivity contribution >= 4 is 23.4 Å². The summed E-state index contributed by atoms with van der Waals surface area (Å²) in [4.78, 5) is 10.2. The predicted molar refractivity (Wildman–Crippen MR) is 86.5 cm³/mol. The van der Waals surface area contributed by atoms with Crippen molar-refractivity contribution in [1.82, 2.24) is 9.97 Å². The van der Waals surface area contributed by atoms with Gasteiger partial charge in [-0.3, -0.25) is 0 Å². The molecule has 0 unspecified atom stereocenters. The van der Waals surface area contributed by atoms with E-state index in [-0.39, 0.29) is 5.41 Å². The van der Waals surface area contributed by atoms with E-state index < -0.39 is 0 Å². The second kappa shape index (κ2) is 6.15. The zero-order valence-electron chi connectivity index (χ0n) is 12.3. The fraction of sp³-hybridized carbons (Fsp3) is 0.375. The van der Waals surface area contributed by atoms with Crippen LogP contribution >= 0.6 is 23.4 Å². The van der Waals surface area contributed by atoms with Crippen molar-refractivity contribution in [3.05, 3.63) is 52.6 Å². The van der Waals surface area contributed by atoms with Crippen LogP contribution in [0.15, 0.2) is 35.2 Å². The molecule has 0 aliphatic rings. The van der Waals surface area contributed by atoms with Crippen LogP contribution in [0.25, 0.3) is 0 Å². The van der Waals surface area contributed by atoms with Gasteiger partial charge in [-0.1, -0.05) is 50.1 Å². The van der Waals surface area contributed by atoms with Crippen molar-refractivity contribution in [2.45, 2.75) is 43.8 Å². The van der Waals surface area contributed by atoms with Crippen molar-refractivity contribution in [3.8, 4) is 0 Å². The molecule has 0 saturated carbocycles. The predicted octanol–water partition coefficient (Wildman–Crippen LogP) is 5.03. The fourth-order valence-electron chi connectivity index (χ4n) is 1.70. The molecule has 1 aromatic heterocycles. The molecule has 20 heavy (non-hydrogen) atoms. The van der Waals surface area contributed by atoms with Crippen LogP contribution in [0, 0.1) is 6.92 Å². The van der Waals surface area contributed by atoms with Crippen molar-refractivity contribution < 1.29 is 0 Å². The van der Waals surface area contributed by atoms with E-state index in [0.29, 0.717) is 5.15 Å². The van der Waals surface area contributed by atoms with Gasteiger partial charge in [0.05, 0.1) is 11.4 Å². The topological polar surface area (TPSA) is 25.8 Å². The largest absolute Gasteiger partial charge is 0.236 e. The molecule has 0 amide bonds. The van der Waals surface area contributed by atoms with Gasteiger partial charge in [-0.25, -0.2) is 9.97 Å². The van der Waals surface area contributed by atoms with Gasteiger partial charge in [0.15, 0.2) is 0 Å². The number of aryl methyl sites for hydroxylation is 1. The minimum atomic E-state index is -0.0180. The summed E-state index contributed by atoms with van der Waals surface area (Å²) >= 11 is 7.82. The number of hydrogen-bond donors (Lipinski definition) is 0. The Bertz CT molecular complexity index is 588. The molecule has 0 bridgehead atoms. The first-order chi connectivity index (χ1) is 9.34. The average Bonchev–Trinajstić information content (AvgIpc) is 2.36. The first-order valence-corrected chi connectivity index (χ1v) is 7.94. The summed E-state index contributed by atoms with van der Waals surface area (Å²) in [5.41, 5.74) is 2.23. The molecule has 4 heteroatoms. The number of thioether (sulfide) groups is 1. The summed E-state index contributed by atoms with van der Waals surface area (Å²) in [6.07, 6.45) is 0. The van der Waals surface area contributed by atoms with Gasteiger partial charge in [0, 0.05) is 10.3 Å². The normalized spacial score (nSPS) is 11.7. The SMILES string of the molecule is Cc1ccc(SCc2nc(Cl)cc(C(C)(C)C)n2)cc1. The summed E-state index contributed by atoms with van der Waals surface area (Å²) in [7, 11) is 0. The number of nitrogens with zero attached hydrogens (tertiary/aromatic N) is 2. The molecule has 0 saturated heterocycles. The highest BCUT2D eigenvalue weighted by molar-refractivity contribution is 7.98. The molecule has 2 aromatic rings. The van der Waals surface area contributed by atoms with Gasteiger partial charge < -0.3 is 0 Å². The monoisotopic (exact) mass is 306 g/mol. The lowest BCUT2D eigenvalue weighted by Gasteiger charge is -2.18. The molecular formula is C16H19ClN2S. The van der Waals surface area contributed by atoms with E-state index in [1.165, 1.54) is 10.5 Å². The van der Waals surface area contributed by atoms with Gasteiger partial charge >= 0.3 is 0 Å². The zero-order valence-corrected chi connectivity index (χ0v) is 13.8. The molecule has 0 fully saturated rings. The summed E-state index contributed by atoms with van der Waals surface area (Å²) in [6, 6.07) is 10.3. The Morgan fingerprint density at radius 3 is 2.35 bits per heavy atom. The van der Waals surface area contributed by atoms with Crippen LogP contribution in [0.2, 0.25) is 5.15 Å². The van der Waals surface area contributed by atoms with E-state index in [1.807, 2.05) is 6.07 Å². The summed E-state index contributed by atoms with van der Waals surface area (Å²) < 4.78 is 0. The number of aromatic nitrogens is 2. The highest BCUT2D eigenvalue weighted by Gasteiger charge is 2.17. The Labute approximate surface area is 130 Å². The highest BCUT2D eigenvalue weighted by atomic mass is 35.5. The van der Waals surface area contributed by atoms with E-state index in [4.69, 9.17) is 11.6 Å². The average molecular weight is 307 g/mol. The maximum atomic E-state index is 6.10. The molecule has 0 N–H and O–H groups in total. The Balaban J connectivity index is 2.13. The first kappa shape index (κ1) is 15.3. The van der Waals surface area contributed by atoms with Gasteiger partial charge in [-0.15, -0.1) is 11.8 Å². The summed E-state index contributed by atoms with van der Waals surface area (Å²) in [5.74, 6) is 1.51. The van der Waals surface area contributed by atoms with Crippen molar-refractivity contribution in [1.29, 1.82) is 0 Å². The van der Waals surface area contributed by atoms with E-state index in [1.54, 1.807) is 11.8 Å². The molecule has 2 rings (SSSR count). The number of benzene rings is 1. The van der Waals surface area contributed by atoms with Crippen LogP contribution in [0.1, 0.15) is 37.9 Å². The maximum Gasteiger partial charge on any atom is 0.140 e. The number of halogens is 1. The third-order valence-electron chi connectivity index (χ3n) is 2.90. The smallest absolute Gasteiger partial charge is 0.140 e. The highest BCUT2D eigenvalue weighted by Crippen LogP contribution is 2.25. The lowest BCUT2D eigenvalue weighted by atomic mass is 9.92. The lowest BCUT2D eigenvalue weighted by Crippen LogP contribution is -2.15. The van der Waals surface area contributed by atoms with Gasteiger partial charge in [-0.05, 0) is 25.1 Å². The van der Waals surface area contributed by atoms with E-state index in [9.17, 15) is 0 Å². The van der Waals surface area contributed by atoms with E-state index >= 15 is 0 Å². The molecular weight excluding hydrogens is 288 g/mol. The van der Waals surface area contributed by atoms with Crippen LogP contribution < -0.4 is 0 Å². The van der Waals surface area contributed by atoms with Gasteiger partial charge in [0.25, 0.3) is 0 Å². The van der Waals surface area contributed by atoms with Crippen LogP contribution in [0.3, 0.4) is 0 Å². The Morgan fingerprint density at radius 2 is 1.75 bits per heavy atom. The van der Waals surface area contributed by atoms with Gasteiger partial charge in [-0.2, -0.15) is 0 Å². The Morgan fingerprint density at radius 1 is 1.10 bits per heavy atom. The van der Waals surface area contributed by atoms with Crippen LogP contribution in [-0.4, -0.2) is 9.97 Å². The lowest BCUT2D eigenvalue weighted by molar-refractivity contribution is 0.564. The Kier molecular flexibility index (Phi) is 4.71. The molecule has 0 aliphatic heterocycles. The number of hydrogen-bond acceptors (Lipinski definition) is 3. The third kappa shape index (κ3) is 4.22. The second-order valence-corrected chi connectivity index (χ2v) is 7.28. The molecule has 0 spiro atoms. The van der Waals surface area contributed by atoms with Gasteiger partial charge in [0.1, 0.15) is 11.0 Å². The zero-order chi connectivity index (χ0) is 14.8. The van der Waals surface area contributed by atoms with Crippen LogP contribution in [0.4, 0.5) is 0 Å². The van der Waals surface area contributed by atoms with E-state index in [0.717, 1.165) is 17.3 Å². The number of rotatable bonds is 3. The Hall–Kier alpha value is -1.06. The summed E-state index contributed by atoms with van der Waals surface area (Å²) in [6.45, 7) is 8.47. The van der Waals surface area contributed by atoms with E-state index in [2.05, 4.69) is 61.9 Å². The molecule has 0 atom stereocenters. The first-order valence-electron chi connectivity index (χ1n) is 6.58. The molecule has 1 aromatic carbocycles. The quantitative estimate of drug-likeness (QED) is 0.587. The van der Waals surface area contributed by atoms with Crippen LogP contribution in [-0.2, 0) is 11.2 Å². The molecule has 2 nitrogen and oxygen atoms in total. The fourth-order valence-corrected chi connectivity index (χ4v) is 2.65. The minimum Gasteiger partial charge on any atom is -0.236 e. The maximum absolute atomic E-state index is 6.10. The molecule has 0 aliphatic carbocycles. The molecule has 106 valence electrons. The third-order valence-corrected chi connectivity index (χ3v) is 4.10. The standard InChI is InChI=1S/C16H19ClN2S/c1-11-5-7-12(8-6-11)20-10-15-18-13(16(2,3)4)9-14(17)19-15/h5-9H,10H2,1-4H3. The minimum absolute atomic E-state index is 0.0180.